The van der Waals surface area contributed by atoms with E-state index >= 15 is 0 Å². The van der Waals surface area contributed by atoms with Gasteiger partial charge in [-0.05, 0) is 30.2 Å². The normalized spacial score (nSPS) is 15.7. The molecule has 2 aromatic heterocycles. The maximum Gasteiger partial charge on any atom is 0.438 e. The summed E-state index contributed by atoms with van der Waals surface area (Å²) in [5, 5.41) is 18.5. The molecule has 2 aromatic rings. The highest BCUT2D eigenvalue weighted by atomic mass is 32.2. The molecule has 0 saturated heterocycles. The van der Waals surface area contributed by atoms with Crippen LogP contribution in [0.2, 0.25) is 0 Å². The molecule has 0 aromatic carbocycles. The largest absolute Gasteiger partial charge is 0.438 e. The zero-order valence-electron chi connectivity index (χ0n) is 11.9. The first-order valence-corrected chi connectivity index (χ1v) is 7.85. The van der Waals surface area contributed by atoms with Gasteiger partial charge < -0.3 is 5.32 Å². The number of aromatic nitrogens is 6. The van der Waals surface area contributed by atoms with Crippen LogP contribution in [0.15, 0.2) is 14.5 Å². The van der Waals surface area contributed by atoms with Gasteiger partial charge >= 0.3 is 5.76 Å². The summed E-state index contributed by atoms with van der Waals surface area (Å²) in [6.45, 7) is 1.82. The van der Waals surface area contributed by atoms with Gasteiger partial charge in [-0.15, -0.1) is 5.10 Å². The second-order valence-corrected chi connectivity index (χ2v) is 6.08. The molecule has 2 heterocycles. The van der Waals surface area contributed by atoms with Crippen molar-refractivity contribution in [2.75, 3.05) is 5.75 Å². The summed E-state index contributed by atoms with van der Waals surface area (Å²) in [6, 6.07) is 0.205. The van der Waals surface area contributed by atoms with E-state index in [0.29, 0.717) is 23.4 Å². The van der Waals surface area contributed by atoms with Crippen LogP contribution in [0, 0.1) is 0 Å². The highest BCUT2D eigenvalue weighted by molar-refractivity contribution is 7.99. The zero-order valence-corrected chi connectivity index (χ0v) is 12.7. The van der Waals surface area contributed by atoms with Gasteiger partial charge in [0.2, 0.25) is 11.1 Å². The van der Waals surface area contributed by atoms with Crippen LogP contribution in [0.1, 0.15) is 31.6 Å². The van der Waals surface area contributed by atoms with Crippen LogP contribution in [0.3, 0.4) is 0 Å². The van der Waals surface area contributed by atoms with E-state index in [1.54, 1.807) is 4.68 Å². The predicted molar refractivity (Wildman–Crippen MR) is 75.2 cm³/mol. The molecule has 22 heavy (non-hydrogen) atoms. The Kier molecular flexibility index (Phi) is 4.22. The standard InChI is InChI=1S/C11H15N7O3S/c1-6(4-8-13-11(20)21-15-8)12-9(19)5-22-10-14-16-17-18(10)7-2-3-7/h6-7H,2-5H2,1H3,(H,12,19)(H,13,15,20). The van der Waals surface area contributed by atoms with Gasteiger partial charge in [0, 0.05) is 12.5 Å². The zero-order chi connectivity index (χ0) is 15.5. The van der Waals surface area contributed by atoms with Crippen LogP contribution in [-0.4, -0.2) is 48.0 Å². The Morgan fingerprint density at radius 2 is 2.41 bits per heavy atom. The van der Waals surface area contributed by atoms with Gasteiger partial charge in [0.05, 0.1) is 11.8 Å². The second-order valence-electron chi connectivity index (χ2n) is 5.14. The minimum atomic E-state index is -0.601. The number of carbonyl (C=O) groups excluding carboxylic acids is 1. The molecule has 1 atom stereocenters. The molecular weight excluding hydrogens is 310 g/mol. The summed E-state index contributed by atoms with van der Waals surface area (Å²) in [4.78, 5) is 25.2. The molecule has 1 saturated carbocycles. The number of nitrogens with one attached hydrogen (secondary N) is 2. The number of hydrogen-bond acceptors (Lipinski definition) is 8. The highest BCUT2D eigenvalue weighted by Crippen LogP contribution is 2.36. The molecule has 1 aliphatic rings. The van der Waals surface area contributed by atoms with Gasteiger partial charge in [-0.3, -0.25) is 14.3 Å². The number of tetrazole rings is 1. The molecule has 1 fully saturated rings. The summed E-state index contributed by atoms with van der Waals surface area (Å²) >= 11 is 1.31. The van der Waals surface area contributed by atoms with Crippen LogP contribution in [0.4, 0.5) is 0 Å². The van der Waals surface area contributed by atoms with E-state index < -0.39 is 5.76 Å². The first-order valence-electron chi connectivity index (χ1n) is 6.86. The van der Waals surface area contributed by atoms with Crippen LogP contribution < -0.4 is 11.1 Å². The average Bonchev–Trinajstić information content (AvgIpc) is 3.07. The number of hydrogen-bond donors (Lipinski definition) is 2. The Hall–Kier alpha value is -2.17. The maximum atomic E-state index is 11.9. The molecular formula is C11H15N7O3S. The van der Waals surface area contributed by atoms with Gasteiger partial charge in [-0.1, -0.05) is 16.9 Å². The average molecular weight is 325 g/mol. The number of H-pyrrole nitrogens is 1. The van der Waals surface area contributed by atoms with Crippen molar-refractivity contribution in [1.82, 2.24) is 35.7 Å². The second kappa shape index (κ2) is 6.30. The Labute approximate surface area is 129 Å². The van der Waals surface area contributed by atoms with Gasteiger partial charge in [-0.2, -0.15) is 0 Å². The van der Waals surface area contributed by atoms with Crippen LogP contribution in [-0.2, 0) is 11.2 Å². The number of thioether (sulfide) groups is 1. The number of rotatable bonds is 7. The molecule has 1 unspecified atom stereocenters. The Bertz CT molecular complexity index is 704. The van der Waals surface area contributed by atoms with Crippen molar-refractivity contribution in [2.45, 2.75) is 43.4 Å². The predicted octanol–water partition coefficient (Wildman–Crippen LogP) is -0.476. The fraction of sp³-hybridized carbons (Fsp3) is 0.636. The smallest absolute Gasteiger partial charge is 0.352 e. The summed E-state index contributed by atoms with van der Waals surface area (Å²) in [7, 11) is 0. The summed E-state index contributed by atoms with van der Waals surface area (Å²) < 4.78 is 6.17. The molecule has 1 amide bonds. The highest BCUT2D eigenvalue weighted by Gasteiger charge is 2.28. The first-order chi connectivity index (χ1) is 10.6. The molecule has 3 rings (SSSR count). The van der Waals surface area contributed by atoms with E-state index in [1.165, 1.54) is 11.8 Å². The van der Waals surface area contributed by atoms with Gasteiger partial charge in [0.1, 0.15) is 0 Å². The first kappa shape index (κ1) is 14.8. The van der Waals surface area contributed by atoms with Crippen molar-refractivity contribution in [3.8, 4) is 0 Å². The Morgan fingerprint density at radius 1 is 1.59 bits per heavy atom. The Balaban J connectivity index is 1.45. The fourth-order valence-corrected chi connectivity index (χ4v) is 2.72. The van der Waals surface area contributed by atoms with Crippen LogP contribution in [0.25, 0.3) is 0 Å². The van der Waals surface area contributed by atoms with Crippen molar-refractivity contribution < 1.29 is 9.32 Å². The number of amides is 1. The van der Waals surface area contributed by atoms with Crippen LogP contribution >= 0.6 is 11.8 Å². The minimum Gasteiger partial charge on any atom is -0.352 e. The number of nitrogens with zero attached hydrogens (tertiary/aromatic N) is 5. The number of aromatic amines is 1. The molecule has 0 spiro atoms. The molecule has 118 valence electrons. The monoisotopic (exact) mass is 325 g/mol. The summed E-state index contributed by atoms with van der Waals surface area (Å²) in [6.07, 6.45) is 2.55. The molecule has 0 aliphatic heterocycles. The summed E-state index contributed by atoms with van der Waals surface area (Å²) in [5.41, 5.74) is 0. The molecule has 2 N–H and O–H groups in total. The van der Waals surface area contributed by atoms with Crippen molar-refractivity contribution in [1.29, 1.82) is 0 Å². The molecule has 0 radical (unpaired) electrons. The lowest BCUT2D eigenvalue weighted by molar-refractivity contribution is -0.119. The molecule has 1 aliphatic carbocycles. The van der Waals surface area contributed by atoms with E-state index in [4.69, 9.17) is 0 Å². The molecule has 11 heteroatoms. The third kappa shape index (κ3) is 3.72. The van der Waals surface area contributed by atoms with E-state index in [2.05, 4.69) is 35.5 Å². The van der Waals surface area contributed by atoms with E-state index in [9.17, 15) is 9.59 Å². The van der Waals surface area contributed by atoms with Gasteiger partial charge in [0.25, 0.3) is 0 Å². The van der Waals surface area contributed by atoms with E-state index in [1.807, 2.05) is 6.92 Å². The topological polar surface area (TPSA) is 132 Å². The van der Waals surface area contributed by atoms with Gasteiger partial charge in [0.15, 0.2) is 5.82 Å². The van der Waals surface area contributed by atoms with Crippen molar-refractivity contribution in [3.05, 3.63) is 16.4 Å². The number of carbonyl (C=O) groups is 1. The lowest BCUT2D eigenvalue weighted by Crippen LogP contribution is -2.35. The molecule has 10 nitrogen and oxygen atoms in total. The van der Waals surface area contributed by atoms with Crippen LogP contribution in [0.5, 0.6) is 0 Å². The van der Waals surface area contributed by atoms with Crippen molar-refractivity contribution in [3.63, 3.8) is 0 Å². The van der Waals surface area contributed by atoms with Crippen molar-refractivity contribution in [2.24, 2.45) is 0 Å². The molecule has 0 bridgehead atoms. The summed E-state index contributed by atoms with van der Waals surface area (Å²) in [5.74, 6) is -0.0972. The van der Waals surface area contributed by atoms with E-state index in [0.717, 1.165) is 12.8 Å². The minimum absolute atomic E-state index is 0.131. The van der Waals surface area contributed by atoms with Crippen molar-refractivity contribution >= 4 is 17.7 Å². The Morgan fingerprint density at radius 3 is 3.09 bits per heavy atom. The quantitative estimate of drug-likeness (QED) is 0.653. The van der Waals surface area contributed by atoms with Gasteiger partial charge in [-0.25, -0.2) is 9.48 Å². The van der Waals surface area contributed by atoms with E-state index in [-0.39, 0.29) is 17.7 Å². The lowest BCUT2D eigenvalue weighted by Gasteiger charge is -2.11. The fourth-order valence-electron chi connectivity index (χ4n) is 1.96. The third-order valence-corrected chi connectivity index (χ3v) is 4.01. The lowest BCUT2D eigenvalue weighted by atomic mass is 10.2. The maximum absolute atomic E-state index is 11.9. The SMILES string of the molecule is CC(Cc1noc(=O)[nH]1)NC(=O)CSc1nnnn1C1CC1. The third-order valence-electron chi connectivity index (χ3n) is 3.08.